The van der Waals surface area contributed by atoms with Gasteiger partial charge in [0.15, 0.2) is 0 Å². The zero-order valence-electron chi connectivity index (χ0n) is 12.2. The number of hydrogen-bond donors (Lipinski definition) is 1. The largest absolute Gasteiger partial charge is 0.358 e. The zero-order chi connectivity index (χ0) is 15.9. The Balaban J connectivity index is 2.12. The second-order valence-corrected chi connectivity index (χ2v) is 5.41. The Kier molecular flexibility index (Phi) is 3.09. The van der Waals surface area contributed by atoms with E-state index in [-0.39, 0.29) is 11.6 Å². The molecule has 2 aromatic rings. The molecule has 0 saturated carbocycles. The number of fused-ring (bicyclic) bond motifs is 1. The van der Waals surface area contributed by atoms with Gasteiger partial charge >= 0.3 is 0 Å². The van der Waals surface area contributed by atoms with Crippen molar-refractivity contribution in [3.8, 4) is 0 Å². The van der Waals surface area contributed by atoms with Crippen LogP contribution in [0.2, 0.25) is 0 Å². The molecule has 0 saturated heterocycles. The maximum Gasteiger partial charge on any atom is 0.269 e. The third-order valence-electron chi connectivity index (χ3n) is 4.13. The predicted molar refractivity (Wildman–Crippen MR) is 82.6 cm³/mol. The number of benzene rings is 2. The highest BCUT2D eigenvalue weighted by molar-refractivity contribution is 6.02. The fraction of sp³-hybridized carbons (Fsp3) is 0.188. The van der Waals surface area contributed by atoms with Crippen LogP contribution in [0.5, 0.6) is 0 Å². The van der Waals surface area contributed by atoms with Crippen LogP contribution < -0.4 is 5.32 Å². The Morgan fingerprint density at radius 2 is 1.91 bits per heavy atom. The first-order valence-corrected chi connectivity index (χ1v) is 6.84. The lowest BCUT2D eigenvalue weighted by atomic mass is 9.94. The minimum absolute atomic E-state index is 0.000215. The van der Waals surface area contributed by atoms with Gasteiger partial charge in [-0.15, -0.1) is 0 Å². The van der Waals surface area contributed by atoms with Gasteiger partial charge in [-0.05, 0) is 19.1 Å². The highest BCUT2D eigenvalue weighted by atomic mass is 16.6. The molecule has 1 aliphatic heterocycles. The van der Waals surface area contributed by atoms with E-state index in [1.807, 2.05) is 25.1 Å². The molecule has 1 amide bonds. The molecule has 0 fully saturated rings. The van der Waals surface area contributed by atoms with Crippen molar-refractivity contribution in [2.45, 2.75) is 12.6 Å². The van der Waals surface area contributed by atoms with Gasteiger partial charge in [0.2, 0.25) is 0 Å². The molecule has 0 aliphatic carbocycles. The van der Waals surface area contributed by atoms with Crippen LogP contribution in [0.15, 0.2) is 48.5 Å². The molecule has 0 bridgehead atoms. The molecule has 112 valence electrons. The number of carbonyl (C=O) groups is 1. The number of hydrogen-bond acceptors (Lipinski definition) is 4. The first-order chi connectivity index (χ1) is 10.4. The Hall–Kier alpha value is -2.89. The molecule has 3 rings (SSSR count). The van der Waals surface area contributed by atoms with Gasteiger partial charge in [0.1, 0.15) is 5.66 Å². The van der Waals surface area contributed by atoms with E-state index in [0.29, 0.717) is 11.1 Å². The van der Waals surface area contributed by atoms with E-state index < -0.39 is 10.6 Å². The van der Waals surface area contributed by atoms with Gasteiger partial charge in [0, 0.05) is 30.4 Å². The first-order valence-electron chi connectivity index (χ1n) is 6.84. The Morgan fingerprint density at radius 1 is 1.18 bits per heavy atom. The second kappa shape index (κ2) is 4.84. The summed E-state index contributed by atoms with van der Waals surface area (Å²) in [5, 5.41) is 14.3. The first kappa shape index (κ1) is 14.1. The van der Waals surface area contributed by atoms with Gasteiger partial charge in [-0.2, -0.15) is 0 Å². The molecule has 1 aliphatic rings. The van der Waals surface area contributed by atoms with Gasteiger partial charge in [0.05, 0.1) is 10.5 Å². The monoisotopic (exact) mass is 297 g/mol. The second-order valence-electron chi connectivity index (χ2n) is 5.41. The number of amides is 1. The third kappa shape index (κ3) is 2.00. The molecular weight excluding hydrogens is 282 g/mol. The molecule has 6 nitrogen and oxygen atoms in total. The summed E-state index contributed by atoms with van der Waals surface area (Å²) in [5.74, 6) is -0.122. The summed E-state index contributed by atoms with van der Waals surface area (Å²) in [6.45, 7) is 1.83. The van der Waals surface area contributed by atoms with Gasteiger partial charge in [0.25, 0.3) is 11.6 Å². The molecule has 1 heterocycles. The lowest BCUT2D eigenvalue weighted by Gasteiger charge is -2.44. The number of nitro benzene ring substituents is 1. The van der Waals surface area contributed by atoms with E-state index >= 15 is 0 Å². The van der Waals surface area contributed by atoms with Crippen molar-refractivity contribution in [1.29, 1.82) is 0 Å². The minimum atomic E-state index is -0.850. The van der Waals surface area contributed by atoms with E-state index in [2.05, 4.69) is 5.32 Å². The van der Waals surface area contributed by atoms with Crippen molar-refractivity contribution in [2.75, 3.05) is 12.4 Å². The average molecular weight is 297 g/mol. The summed E-state index contributed by atoms with van der Waals surface area (Å²) in [6, 6.07) is 13.6. The molecule has 1 N–H and O–H groups in total. The van der Waals surface area contributed by atoms with Gasteiger partial charge in [-0.3, -0.25) is 14.9 Å². The number of nitrogens with one attached hydrogen (secondary N) is 1. The van der Waals surface area contributed by atoms with E-state index in [9.17, 15) is 14.9 Å². The van der Waals surface area contributed by atoms with Crippen molar-refractivity contribution in [3.63, 3.8) is 0 Å². The third-order valence-corrected chi connectivity index (χ3v) is 4.13. The lowest BCUT2D eigenvalue weighted by molar-refractivity contribution is -0.385. The SMILES string of the molecule is CN1C(=O)c2ccccc2NC1(C)c1cccc([N+](=O)[O-])c1. The number of anilines is 1. The Labute approximate surface area is 127 Å². The van der Waals surface area contributed by atoms with Gasteiger partial charge < -0.3 is 10.2 Å². The summed E-state index contributed by atoms with van der Waals surface area (Å²) in [6.07, 6.45) is 0. The van der Waals surface area contributed by atoms with Gasteiger partial charge in [-0.1, -0.05) is 24.3 Å². The maximum atomic E-state index is 12.6. The fourth-order valence-electron chi connectivity index (χ4n) is 2.70. The maximum absolute atomic E-state index is 12.6. The summed E-state index contributed by atoms with van der Waals surface area (Å²) in [5.41, 5.74) is 1.12. The molecule has 0 aromatic heterocycles. The molecular formula is C16H15N3O3. The van der Waals surface area contributed by atoms with E-state index in [4.69, 9.17) is 0 Å². The van der Waals surface area contributed by atoms with E-state index in [0.717, 1.165) is 5.69 Å². The van der Waals surface area contributed by atoms with Gasteiger partial charge in [-0.25, -0.2) is 0 Å². The Bertz CT molecular complexity index is 775. The molecule has 22 heavy (non-hydrogen) atoms. The number of non-ortho nitro benzene ring substituents is 1. The van der Waals surface area contributed by atoms with Crippen molar-refractivity contribution < 1.29 is 9.72 Å². The van der Waals surface area contributed by atoms with Crippen LogP contribution in [0.3, 0.4) is 0 Å². The molecule has 2 aromatic carbocycles. The molecule has 0 radical (unpaired) electrons. The number of carbonyl (C=O) groups excluding carboxylic acids is 1. The number of nitrogens with zero attached hydrogens (tertiary/aromatic N) is 2. The van der Waals surface area contributed by atoms with Crippen LogP contribution >= 0.6 is 0 Å². The van der Waals surface area contributed by atoms with Crippen LogP contribution in [-0.2, 0) is 5.66 Å². The normalized spacial score (nSPS) is 20.3. The Morgan fingerprint density at radius 3 is 2.64 bits per heavy atom. The van der Waals surface area contributed by atoms with Crippen LogP contribution in [0.1, 0.15) is 22.8 Å². The van der Waals surface area contributed by atoms with Crippen molar-refractivity contribution in [1.82, 2.24) is 4.90 Å². The quantitative estimate of drug-likeness (QED) is 0.683. The molecule has 6 heteroatoms. The summed E-state index contributed by atoms with van der Waals surface area (Å²) < 4.78 is 0. The lowest BCUT2D eigenvalue weighted by Crippen LogP contribution is -2.53. The van der Waals surface area contributed by atoms with E-state index in [1.165, 1.54) is 12.1 Å². The fourth-order valence-corrected chi connectivity index (χ4v) is 2.70. The summed E-state index contributed by atoms with van der Waals surface area (Å²) in [7, 11) is 1.68. The standard InChI is InChI=1S/C16H15N3O3/c1-16(11-6-5-7-12(10-11)19(21)22)17-14-9-4-3-8-13(14)15(20)18(16)2/h3-10,17H,1-2H3. The van der Waals surface area contributed by atoms with Crippen molar-refractivity contribution >= 4 is 17.3 Å². The number of rotatable bonds is 2. The van der Waals surface area contributed by atoms with Crippen LogP contribution in [0.25, 0.3) is 0 Å². The highest BCUT2D eigenvalue weighted by Gasteiger charge is 2.40. The number of para-hydroxylation sites is 1. The smallest absolute Gasteiger partial charge is 0.269 e. The highest BCUT2D eigenvalue weighted by Crippen LogP contribution is 2.37. The van der Waals surface area contributed by atoms with Crippen LogP contribution in [-0.4, -0.2) is 22.8 Å². The van der Waals surface area contributed by atoms with E-state index in [1.54, 1.807) is 30.1 Å². The molecule has 0 spiro atoms. The summed E-state index contributed by atoms with van der Waals surface area (Å²) >= 11 is 0. The van der Waals surface area contributed by atoms with Crippen molar-refractivity contribution in [2.24, 2.45) is 0 Å². The summed E-state index contributed by atoms with van der Waals surface area (Å²) in [4.78, 5) is 24.7. The zero-order valence-corrected chi connectivity index (χ0v) is 12.2. The molecule has 1 unspecified atom stereocenters. The van der Waals surface area contributed by atoms with Crippen molar-refractivity contribution in [3.05, 3.63) is 69.8 Å². The number of nitro groups is 1. The molecule has 1 atom stereocenters. The average Bonchev–Trinajstić information content (AvgIpc) is 2.53. The topological polar surface area (TPSA) is 75.5 Å². The predicted octanol–water partition coefficient (Wildman–Crippen LogP) is 2.97. The minimum Gasteiger partial charge on any atom is -0.358 e. The van der Waals surface area contributed by atoms with Crippen LogP contribution in [0.4, 0.5) is 11.4 Å². The van der Waals surface area contributed by atoms with Crippen LogP contribution in [0, 0.1) is 10.1 Å².